The Bertz CT molecular complexity index is 321. The van der Waals surface area contributed by atoms with E-state index in [2.05, 4.69) is 12.2 Å². The second kappa shape index (κ2) is 4.67. The molecular weight excluding hydrogens is 218 g/mol. The molecule has 0 spiro atoms. The molecule has 17 heavy (non-hydrogen) atoms. The summed E-state index contributed by atoms with van der Waals surface area (Å²) >= 11 is 0. The smallest absolute Gasteiger partial charge is 0.307 e. The molecule has 2 aliphatic carbocycles. The van der Waals surface area contributed by atoms with Crippen LogP contribution < -0.4 is 5.32 Å². The predicted molar refractivity (Wildman–Crippen MR) is 63.4 cm³/mol. The Morgan fingerprint density at radius 2 is 1.94 bits per heavy atom. The third kappa shape index (κ3) is 2.61. The van der Waals surface area contributed by atoms with E-state index >= 15 is 0 Å². The topological polar surface area (TPSA) is 66.4 Å². The third-order valence-corrected chi connectivity index (χ3v) is 4.50. The first kappa shape index (κ1) is 12.4. The maximum absolute atomic E-state index is 11.8. The Morgan fingerprint density at radius 3 is 2.41 bits per heavy atom. The van der Waals surface area contributed by atoms with Crippen LogP contribution in [0.2, 0.25) is 0 Å². The molecule has 0 aromatic heterocycles. The van der Waals surface area contributed by atoms with Crippen molar-refractivity contribution in [1.29, 1.82) is 0 Å². The summed E-state index contributed by atoms with van der Waals surface area (Å²) in [6.45, 7) is 2.90. The van der Waals surface area contributed by atoms with E-state index in [1.165, 1.54) is 25.7 Å². The molecule has 1 amide bonds. The minimum Gasteiger partial charge on any atom is -0.481 e. The number of aliphatic carboxylic acids is 1. The predicted octanol–water partition coefficient (Wildman–Crippen LogP) is 1.79. The molecule has 2 fully saturated rings. The van der Waals surface area contributed by atoms with E-state index in [1.54, 1.807) is 0 Å². The number of hydrogen-bond donors (Lipinski definition) is 2. The van der Waals surface area contributed by atoms with Crippen molar-refractivity contribution in [2.45, 2.75) is 45.4 Å². The minimum absolute atomic E-state index is 0.0582. The molecule has 4 nitrogen and oxygen atoms in total. The molecule has 0 aromatic carbocycles. The van der Waals surface area contributed by atoms with Crippen LogP contribution in [0.3, 0.4) is 0 Å². The lowest BCUT2D eigenvalue weighted by Gasteiger charge is -2.27. The minimum atomic E-state index is -0.837. The van der Waals surface area contributed by atoms with Crippen molar-refractivity contribution in [3.05, 3.63) is 0 Å². The Morgan fingerprint density at radius 1 is 1.29 bits per heavy atom. The first-order chi connectivity index (χ1) is 8.08. The van der Waals surface area contributed by atoms with Gasteiger partial charge in [-0.1, -0.05) is 19.8 Å². The normalized spacial score (nSPS) is 29.9. The highest BCUT2D eigenvalue weighted by Crippen LogP contribution is 2.42. The lowest BCUT2D eigenvalue weighted by atomic mass is 9.83. The van der Waals surface area contributed by atoms with Gasteiger partial charge in [0.25, 0.3) is 0 Å². The fraction of sp³-hybridized carbons (Fsp3) is 0.846. The maximum atomic E-state index is 11.8. The number of amides is 1. The van der Waals surface area contributed by atoms with Crippen molar-refractivity contribution < 1.29 is 14.7 Å². The molecule has 0 aliphatic heterocycles. The lowest BCUT2D eigenvalue weighted by molar-refractivity contribution is -0.140. The standard InChI is InChI=1S/C13H21NO3/c1-2-13(5-3-4-6-13)8-14-11(15)9-7-10(9)12(16)17/h9-10H,2-8H2,1H3,(H,14,15)(H,16,17)/t9-,10+/m1/s1. The van der Waals surface area contributed by atoms with E-state index in [0.29, 0.717) is 6.42 Å². The summed E-state index contributed by atoms with van der Waals surface area (Å²) in [6, 6.07) is 0. The van der Waals surface area contributed by atoms with Gasteiger partial charge < -0.3 is 10.4 Å². The molecule has 96 valence electrons. The zero-order valence-electron chi connectivity index (χ0n) is 10.4. The van der Waals surface area contributed by atoms with Gasteiger partial charge in [-0.2, -0.15) is 0 Å². The Hall–Kier alpha value is -1.06. The fourth-order valence-corrected chi connectivity index (χ4v) is 2.94. The molecule has 2 saturated carbocycles. The van der Waals surface area contributed by atoms with Crippen LogP contribution in [-0.2, 0) is 9.59 Å². The van der Waals surface area contributed by atoms with Gasteiger partial charge in [-0.05, 0) is 31.1 Å². The SMILES string of the molecule is CCC1(CNC(=O)[C@@H]2C[C@@H]2C(=O)O)CCCC1. The monoisotopic (exact) mass is 239 g/mol. The van der Waals surface area contributed by atoms with Crippen LogP contribution in [0.5, 0.6) is 0 Å². The summed E-state index contributed by atoms with van der Waals surface area (Å²) in [4.78, 5) is 22.4. The second-order valence-electron chi connectivity index (χ2n) is 5.57. The van der Waals surface area contributed by atoms with Gasteiger partial charge in [0.1, 0.15) is 0 Å². The van der Waals surface area contributed by atoms with Crippen molar-refractivity contribution in [3.8, 4) is 0 Å². The third-order valence-electron chi connectivity index (χ3n) is 4.50. The van der Waals surface area contributed by atoms with Crippen LogP contribution in [0, 0.1) is 17.3 Å². The number of carbonyl (C=O) groups is 2. The fourth-order valence-electron chi connectivity index (χ4n) is 2.94. The lowest BCUT2D eigenvalue weighted by Crippen LogP contribution is -2.36. The maximum Gasteiger partial charge on any atom is 0.307 e. The summed E-state index contributed by atoms with van der Waals surface area (Å²) in [5, 5.41) is 11.7. The van der Waals surface area contributed by atoms with Gasteiger partial charge in [0.05, 0.1) is 11.8 Å². The number of carboxylic acid groups (broad SMARTS) is 1. The quantitative estimate of drug-likeness (QED) is 0.768. The Balaban J connectivity index is 1.78. The highest BCUT2D eigenvalue weighted by atomic mass is 16.4. The van der Waals surface area contributed by atoms with Crippen molar-refractivity contribution in [3.63, 3.8) is 0 Å². The van der Waals surface area contributed by atoms with Crippen LogP contribution in [0.1, 0.15) is 45.4 Å². The summed E-state index contributed by atoms with van der Waals surface area (Å²) in [5.41, 5.74) is 0.281. The summed E-state index contributed by atoms with van der Waals surface area (Å²) in [7, 11) is 0. The number of nitrogens with one attached hydrogen (secondary N) is 1. The molecule has 4 heteroatoms. The summed E-state index contributed by atoms with van der Waals surface area (Å²) in [6.07, 6.45) is 6.50. The Kier molecular flexibility index (Phi) is 3.40. The Labute approximate surface area is 102 Å². The van der Waals surface area contributed by atoms with Gasteiger partial charge in [0.2, 0.25) is 5.91 Å². The van der Waals surface area contributed by atoms with Crippen LogP contribution in [0.4, 0.5) is 0 Å². The average molecular weight is 239 g/mol. The highest BCUT2D eigenvalue weighted by molar-refractivity contribution is 5.89. The van der Waals surface area contributed by atoms with Crippen molar-refractivity contribution in [2.24, 2.45) is 17.3 Å². The van der Waals surface area contributed by atoms with Crippen LogP contribution in [0.25, 0.3) is 0 Å². The van der Waals surface area contributed by atoms with Crippen LogP contribution in [-0.4, -0.2) is 23.5 Å². The number of hydrogen-bond acceptors (Lipinski definition) is 2. The zero-order valence-corrected chi connectivity index (χ0v) is 10.4. The van der Waals surface area contributed by atoms with Crippen molar-refractivity contribution in [1.82, 2.24) is 5.32 Å². The molecule has 0 heterocycles. The number of carbonyl (C=O) groups excluding carboxylic acids is 1. The van der Waals surface area contributed by atoms with Crippen LogP contribution in [0.15, 0.2) is 0 Å². The molecule has 2 atom stereocenters. The molecule has 0 radical (unpaired) electrons. The van der Waals surface area contributed by atoms with E-state index < -0.39 is 11.9 Å². The molecular formula is C13H21NO3. The zero-order chi connectivity index (χ0) is 12.5. The summed E-state index contributed by atoms with van der Waals surface area (Å²) in [5.74, 6) is -1.60. The van der Waals surface area contributed by atoms with Crippen LogP contribution >= 0.6 is 0 Å². The largest absolute Gasteiger partial charge is 0.481 e. The highest BCUT2D eigenvalue weighted by Gasteiger charge is 2.48. The molecule has 0 unspecified atom stereocenters. The van der Waals surface area contributed by atoms with E-state index in [9.17, 15) is 9.59 Å². The van der Waals surface area contributed by atoms with Gasteiger partial charge >= 0.3 is 5.97 Å². The number of carboxylic acids is 1. The molecule has 2 aliphatic rings. The van der Waals surface area contributed by atoms with E-state index in [1.807, 2.05) is 0 Å². The van der Waals surface area contributed by atoms with Gasteiger partial charge in [0, 0.05) is 6.54 Å². The number of rotatable bonds is 5. The molecule has 2 rings (SSSR count). The van der Waals surface area contributed by atoms with Gasteiger partial charge in [-0.15, -0.1) is 0 Å². The average Bonchev–Trinajstić information content (AvgIpc) is 2.99. The van der Waals surface area contributed by atoms with E-state index in [4.69, 9.17) is 5.11 Å². The second-order valence-corrected chi connectivity index (χ2v) is 5.57. The first-order valence-electron chi connectivity index (χ1n) is 6.58. The van der Waals surface area contributed by atoms with Gasteiger partial charge in [-0.3, -0.25) is 9.59 Å². The first-order valence-corrected chi connectivity index (χ1v) is 6.58. The van der Waals surface area contributed by atoms with Crippen molar-refractivity contribution >= 4 is 11.9 Å². The van der Waals surface area contributed by atoms with Gasteiger partial charge in [-0.25, -0.2) is 0 Å². The van der Waals surface area contributed by atoms with Crippen molar-refractivity contribution in [2.75, 3.05) is 6.54 Å². The molecule has 0 bridgehead atoms. The molecule has 2 N–H and O–H groups in total. The van der Waals surface area contributed by atoms with Gasteiger partial charge in [0.15, 0.2) is 0 Å². The molecule has 0 aromatic rings. The molecule has 0 saturated heterocycles. The van der Waals surface area contributed by atoms with E-state index in [-0.39, 0.29) is 17.2 Å². The van der Waals surface area contributed by atoms with E-state index in [0.717, 1.165) is 13.0 Å². The summed E-state index contributed by atoms with van der Waals surface area (Å²) < 4.78 is 0.